The zero-order valence-electron chi connectivity index (χ0n) is 14.8. The van der Waals surface area contributed by atoms with Crippen LogP contribution in [0.25, 0.3) is 0 Å². The Balaban J connectivity index is 1.83. The van der Waals surface area contributed by atoms with Crippen LogP contribution in [0.2, 0.25) is 5.02 Å². The summed E-state index contributed by atoms with van der Waals surface area (Å²) in [4.78, 5) is 20.7. The van der Waals surface area contributed by atoms with E-state index in [1.54, 1.807) is 6.92 Å². The van der Waals surface area contributed by atoms with Crippen LogP contribution in [0.4, 0.5) is 11.5 Å². The lowest BCUT2D eigenvalue weighted by molar-refractivity contribution is -0.387. The third kappa shape index (κ3) is 4.02. The fourth-order valence-corrected chi connectivity index (χ4v) is 4.84. The number of benzene rings is 1. The number of nitro groups is 1. The van der Waals surface area contributed by atoms with Gasteiger partial charge in [0.15, 0.2) is 4.90 Å². The molecule has 1 fully saturated rings. The Morgan fingerprint density at radius 2 is 1.78 bits per heavy atom. The van der Waals surface area contributed by atoms with Crippen LogP contribution in [0, 0.1) is 24.0 Å². The van der Waals surface area contributed by atoms with Gasteiger partial charge >= 0.3 is 0 Å². The molecule has 0 atom stereocenters. The molecule has 0 bridgehead atoms. The van der Waals surface area contributed by atoms with E-state index in [-0.39, 0.29) is 23.0 Å². The van der Waals surface area contributed by atoms with Gasteiger partial charge in [-0.05, 0) is 26.0 Å². The molecule has 1 aliphatic heterocycles. The van der Waals surface area contributed by atoms with Crippen molar-refractivity contribution in [3.8, 4) is 0 Å². The summed E-state index contributed by atoms with van der Waals surface area (Å²) in [7, 11) is -4.03. The predicted molar refractivity (Wildman–Crippen MR) is 101 cm³/mol. The van der Waals surface area contributed by atoms with Gasteiger partial charge < -0.3 is 4.90 Å². The van der Waals surface area contributed by atoms with Crippen molar-refractivity contribution in [1.82, 2.24) is 14.3 Å². The van der Waals surface area contributed by atoms with Crippen LogP contribution < -0.4 is 4.90 Å². The molecule has 9 nitrogen and oxygen atoms in total. The maximum Gasteiger partial charge on any atom is 0.289 e. The number of rotatable bonds is 4. The molecule has 0 amide bonds. The molecule has 0 aliphatic carbocycles. The summed E-state index contributed by atoms with van der Waals surface area (Å²) in [6, 6.07) is 5.38. The molecular weight excluding hydrogens is 394 g/mol. The largest absolute Gasteiger partial charge is 0.354 e. The van der Waals surface area contributed by atoms with Crippen LogP contribution in [0.1, 0.15) is 11.5 Å². The highest BCUT2D eigenvalue weighted by Crippen LogP contribution is 2.30. The number of nitro benzene ring substituents is 1. The minimum absolute atomic E-state index is 0.129. The molecule has 0 radical (unpaired) electrons. The first-order chi connectivity index (χ1) is 12.7. The van der Waals surface area contributed by atoms with Gasteiger partial charge in [-0.3, -0.25) is 10.1 Å². The molecule has 0 N–H and O–H groups in total. The van der Waals surface area contributed by atoms with E-state index >= 15 is 0 Å². The fraction of sp³-hybridized carbons (Fsp3) is 0.375. The van der Waals surface area contributed by atoms with Gasteiger partial charge in [-0.25, -0.2) is 18.4 Å². The summed E-state index contributed by atoms with van der Waals surface area (Å²) in [5.74, 6) is 1.39. The summed E-state index contributed by atoms with van der Waals surface area (Å²) in [6.45, 7) is 4.89. The van der Waals surface area contributed by atoms with Crippen molar-refractivity contribution in [2.24, 2.45) is 0 Å². The highest BCUT2D eigenvalue weighted by atomic mass is 35.5. The third-order valence-corrected chi connectivity index (χ3v) is 6.41. The van der Waals surface area contributed by atoms with Crippen molar-refractivity contribution in [2.45, 2.75) is 18.7 Å². The molecule has 1 aromatic carbocycles. The molecule has 144 valence electrons. The predicted octanol–water partition coefficient (Wildman–Crippen LogP) is 2.17. The minimum Gasteiger partial charge on any atom is -0.354 e. The van der Waals surface area contributed by atoms with Crippen molar-refractivity contribution in [1.29, 1.82) is 0 Å². The normalized spacial score (nSPS) is 15.7. The van der Waals surface area contributed by atoms with Crippen molar-refractivity contribution in [3.05, 3.63) is 50.9 Å². The first-order valence-electron chi connectivity index (χ1n) is 8.20. The van der Waals surface area contributed by atoms with Crippen LogP contribution in [0.5, 0.6) is 0 Å². The standard InChI is InChI=1S/C16H18ClN5O4S/c1-11-9-16(19-12(2)18-11)20-5-7-21(8-6-20)27(25,26)15-10-13(17)3-4-14(15)22(23)24/h3-4,9-10H,5-8H2,1-2H3. The number of aryl methyl sites for hydroxylation is 2. The Kier molecular flexibility index (Phi) is 5.31. The van der Waals surface area contributed by atoms with E-state index in [9.17, 15) is 18.5 Å². The summed E-state index contributed by atoms with van der Waals surface area (Å²) >= 11 is 5.87. The Bertz CT molecular complexity index is 970. The number of aromatic nitrogens is 2. The van der Waals surface area contributed by atoms with Crippen molar-refractivity contribution in [3.63, 3.8) is 0 Å². The Morgan fingerprint density at radius 3 is 2.37 bits per heavy atom. The molecule has 11 heteroatoms. The van der Waals surface area contributed by atoms with E-state index in [0.717, 1.165) is 23.6 Å². The molecule has 1 aromatic heterocycles. The quantitative estimate of drug-likeness (QED) is 0.560. The van der Waals surface area contributed by atoms with Gasteiger partial charge in [0.2, 0.25) is 10.0 Å². The van der Waals surface area contributed by atoms with Crippen LogP contribution >= 0.6 is 11.6 Å². The molecule has 27 heavy (non-hydrogen) atoms. The summed E-state index contributed by atoms with van der Waals surface area (Å²) in [5, 5.41) is 11.3. The highest BCUT2D eigenvalue weighted by Gasteiger charge is 2.34. The average Bonchev–Trinajstić information content (AvgIpc) is 2.60. The van der Waals surface area contributed by atoms with Gasteiger partial charge in [0, 0.05) is 49.0 Å². The van der Waals surface area contributed by atoms with Crippen LogP contribution in [0.3, 0.4) is 0 Å². The monoisotopic (exact) mass is 411 g/mol. The summed E-state index contributed by atoms with van der Waals surface area (Å²) < 4.78 is 27.1. The number of anilines is 1. The van der Waals surface area contributed by atoms with Gasteiger partial charge in [-0.1, -0.05) is 11.6 Å². The molecule has 2 heterocycles. The van der Waals surface area contributed by atoms with Crippen LogP contribution in [-0.4, -0.2) is 53.8 Å². The van der Waals surface area contributed by atoms with Gasteiger partial charge in [0.1, 0.15) is 11.6 Å². The third-order valence-electron chi connectivity index (χ3n) is 4.25. The van der Waals surface area contributed by atoms with E-state index in [4.69, 9.17) is 11.6 Å². The van der Waals surface area contributed by atoms with E-state index in [0.29, 0.717) is 18.9 Å². The molecular formula is C16H18ClN5O4S. The highest BCUT2D eigenvalue weighted by molar-refractivity contribution is 7.89. The number of halogens is 1. The van der Waals surface area contributed by atoms with Crippen molar-refractivity contribution < 1.29 is 13.3 Å². The number of hydrogen-bond donors (Lipinski definition) is 0. The molecule has 0 saturated carbocycles. The van der Waals surface area contributed by atoms with Gasteiger partial charge in [-0.2, -0.15) is 4.31 Å². The Labute approximate surface area is 161 Å². The van der Waals surface area contributed by atoms with Gasteiger partial charge in [-0.15, -0.1) is 0 Å². The van der Waals surface area contributed by atoms with Crippen LogP contribution in [0.15, 0.2) is 29.2 Å². The average molecular weight is 412 g/mol. The lowest BCUT2D eigenvalue weighted by Crippen LogP contribution is -2.49. The Hall–Kier alpha value is -2.30. The summed E-state index contributed by atoms with van der Waals surface area (Å²) in [6.07, 6.45) is 0. The lowest BCUT2D eigenvalue weighted by atomic mass is 10.3. The van der Waals surface area contributed by atoms with Crippen LogP contribution in [-0.2, 0) is 10.0 Å². The molecule has 0 spiro atoms. The number of sulfonamides is 1. The second-order valence-corrected chi connectivity index (χ2v) is 8.52. The zero-order valence-corrected chi connectivity index (χ0v) is 16.4. The van der Waals surface area contributed by atoms with E-state index in [1.165, 1.54) is 10.4 Å². The first-order valence-corrected chi connectivity index (χ1v) is 10.0. The van der Waals surface area contributed by atoms with Crippen molar-refractivity contribution in [2.75, 3.05) is 31.1 Å². The number of hydrogen-bond acceptors (Lipinski definition) is 7. The first kappa shape index (κ1) is 19.5. The molecule has 1 aliphatic rings. The molecule has 0 unspecified atom stereocenters. The summed E-state index contributed by atoms with van der Waals surface area (Å²) in [5.41, 5.74) is 0.353. The molecule has 3 rings (SSSR count). The van der Waals surface area contributed by atoms with Gasteiger partial charge in [0.25, 0.3) is 5.69 Å². The SMILES string of the molecule is Cc1cc(N2CCN(S(=O)(=O)c3cc(Cl)ccc3[N+](=O)[O-])CC2)nc(C)n1. The number of nitrogens with zero attached hydrogens (tertiary/aromatic N) is 5. The van der Waals surface area contributed by atoms with Gasteiger partial charge in [0.05, 0.1) is 4.92 Å². The fourth-order valence-electron chi connectivity index (χ4n) is 3.00. The maximum absolute atomic E-state index is 12.9. The van der Waals surface area contributed by atoms with E-state index < -0.39 is 20.6 Å². The smallest absolute Gasteiger partial charge is 0.289 e. The zero-order chi connectivity index (χ0) is 19.8. The molecule has 1 saturated heterocycles. The second-order valence-electron chi connectivity index (χ2n) is 6.18. The second kappa shape index (κ2) is 7.37. The molecule has 2 aromatic rings. The van der Waals surface area contributed by atoms with E-state index in [2.05, 4.69) is 9.97 Å². The lowest BCUT2D eigenvalue weighted by Gasteiger charge is -2.34. The van der Waals surface area contributed by atoms with Crippen molar-refractivity contribution >= 4 is 33.1 Å². The topological polar surface area (TPSA) is 110 Å². The number of piperazine rings is 1. The van der Waals surface area contributed by atoms with E-state index in [1.807, 2.05) is 17.9 Å². The Morgan fingerprint density at radius 1 is 1.11 bits per heavy atom. The minimum atomic E-state index is -4.03. The maximum atomic E-state index is 12.9.